The van der Waals surface area contributed by atoms with Crippen LogP contribution in [0.3, 0.4) is 0 Å². The van der Waals surface area contributed by atoms with Crippen molar-refractivity contribution >= 4 is 17.8 Å². The van der Waals surface area contributed by atoms with Gasteiger partial charge >= 0.3 is 12.1 Å². The molecular weight excluding hydrogens is 380 g/mol. The molecule has 0 spiro atoms. The number of hydrogen-bond donors (Lipinski definition) is 0. The van der Waals surface area contributed by atoms with E-state index >= 15 is 0 Å². The van der Waals surface area contributed by atoms with Crippen LogP contribution < -0.4 is 9.47 Å². The number of ketones is 1. The molecule has 0 fully saturated rings. The number of fused-ring (bicyclic) bond motifs is 1. The normalized spacial score (nSPS) is 13.8. The highest BCUT2D eigenvalue weighted by atomic mass is 16.7. The Balaban J connectivity index is 1.91. The van der Waals surface area contributed by atoms with Gasteiger partial charge in [0.05, 0.1) is 12.6 Å². The standard InChI is InChI=1S/C20H28N2O7/c1-13(18(24)14-7-8-15-16(9-14)28-12-27-15)22(6)19(25)26-11-20(2,3)29-17(23)10-21(4)5/h7-9,13H,10-12H2,1-6H3. The number of benzene rings is 1. The van der Waals surface area contributed by atoms with Gasteiger partial charge in [-0.3, -0.25) is 14.5 Å². The predicted octanol–water partition coefficient (Wildman–Crippen LogP) is 1.94. The lowest BCUT2D eigenvalue weighted by molar-refractivity contribution is -0.160. The lowest BCUT2D eigenvalue weighted by Gasteiger charge is -2.28. The molecule has 1 aromatic carbocycles. The molecule has 1 unspecified atom stereocenters. The minimum Gasteiger partial charge on any atom is -0.455 e. The SMILES string of the molecule is CC(C(=O)c1ccc2c(c1)OCO2)N(C)C(=O)OCC(C)(C)OC(=O)CN(C)C. The number of Topliss-reactive ketones (excluding diaryl/α,β-unsaturated/α-hetero) is 1. The maximum atomic E-state index is 12.7. The Morgan fingerprint density at radius 3 is 2.45 bits per heavy atom. The van der Waals surface area contributed by atoms with Gasteiger partial charge in [0.15, 0.2) is 17.3 Å². The Kier molecular flexibility index (Phi) is 7.07. The van der Waals surface area contributed by atoms with Gasteiger partial charge in [0.25, 0.3) is 0 Å². The molecule has 0 saturated heterocycles. The monoisotopic (exact) mass is 408 g/mol. The van der Waals surface area contributed by atoms with E-state index in [1.165, 1.54) is 11.9 Å². The molecule has 9 nitrogen and oxygen atoms in total. The van der Waals surface area contributed by atoms with Crippen LogP contribution in [0.4, 0.5) is 4.79 Å². The number of ether oxygens (including phenoxy) is 4. The Hall–Kier alpha value is -2.81. The van der Waals surface area contributed by atoms with Crippen molar-refractivity contribution in [2.75, 3.05) is 41.1 Å². The molecule has 29 heavy (non-hydrogen) atoms. The lowest BCUT2D eigenvalue weighted by atomic mass is 10.0. The van der Waals surface area contributed by atoms with E-state index in [0.717, 1.165) is 0 Å². The first kappa shape index (κ1) is 22.5. The quantitative estimate of drug-likeness (QED) is 0.476. The molecule has 2 rings (SSSR count). The van der Waals surface area contributed by atoms with Crippen LogP contribution >= 0.6 is 0 Å². The number of hydrogen-bond acceptors (Lipinski definition) is 8. The van der Waals surface area contributed by atoms with Crippen LogP contribution in [-0.4, -0.2) is 80.4 Å². The molecule has 9 heteroatoms. The van der Waals surface area contributed by atoms with Gasteiger partial charge in [-0.1, -0.05) is 0 Å². The van der Waals surface area contributed by atoms with E-state index in [4.69, 9.17) is 18.9 Å². The molecule has 1 aromatic rings. The summed E-state index contributed by atoms with van der Waals surface area (Å²) in [5.41, 5.74) is -0.590. The van der Waals surface area contributed by atoms with Crippen molar-refractivity contribution in [3.8, 4) is 11.5 Å². The zero-order chi connectivity index (χ0) is 21.8. The Labute approximate surface area is 170 Å². The fraction of sp³-hybridized carbons (Fsp3) is 0.550. The minimum absolute atomic E-state index is 0.115. The molecule has 0 N–H and O–H groups in total. The van der Waals surface area contributed by atoms with Crippen LogP contribution in [0, 0.1) is 0 Å². The summed E-state index contributed by atoms with van der Waals surface area (Å²) in [6, 6.07) is 4.11. The molecule has 1 heterocycles. The average Bonchev–Trinajstić information content (AvgIpc) is 3.10. The molecule has 1 aliphatic heterocycles. The van der Waals surface area contributed by atoms with E-state index in [1.807, 2.05) is 0 Å². The van der Waals surface area contributed by atoms with Gasteiger partial charge in [-0.2, -0.15) is 0 Å². The third kappa shape index (κ3) is 6.08. The number of nitrogens with zero attached hydrogens (tertiary/aromatic N) is 2. The maximum Gasteiger partial charge on any atom is 0.410 e. The minimum atomic E-state index is -0.992. The topological polar surface area (TPSA) is 94.6 Å². The summed E-state index contributed by atoms with van der Waals surface area (Å²) in [4.78, 5) is 39.8. The molecule has 160 valence electrons. The second-order valence-corrected chi connectivity index (χ2v) is 7.75. The first-order valence-electron chi connectivity index (χ1n) is 9.20. The summed E-state index contributed by atoms with van der Waals surface area (Å²) >= 11 is 0. The molecule has 1 aliphatic rings. The number of rotatable bonds is 8. The number of esters is 1. The van der Waals surface area contributed by atoms with E-state index in [1.54, 1.807) is 58.0 Å². The smallest absolute Gasteiger partial charge is 0.410 e. The summed E-state index contributed by atoms with van der Waals surface area (Å²) in [6.07, 6.45) is -0.691. The van der Waals surface area contributed by atoms with E-state index in [2.05, 4.69) is 0 Å². The highest BCUT2D eigenvalue weighted by molar-refractivity contribution is 6.01. The van der Waals surface area contributed by atoms with Crippen LogP contribution in [0.15, 0.2) is 18.2 Å². The second kappa shape index (κ2) is 9.13. The average molecular weight is 408 g/mol. The molecular formula is C20H28N2O7. The molecule has 0 bridgehead atoms. The van der Waals surface area contributed by atoms with Crippen LogP contribution in [0.25, 0.3) is 0 Å². The summed E-state index contributed by atoms with van der Waals surface area (Å²) in [5.74, 6) is 0.387. The van der Waals surface area contributed by atoms with Gasteiger partial charge in [0, 0.05) is 12.6 Å². The second-order valence-electron chi connectivity index (χ2n) is 7.75. The highest BCUT2D eigenvalue weighted by Crippen LogP contribution is 2.33. The molecule has 1 amide bonds. The van der Waals surface area contributed by atoms with Crippen LogP contribution in [0.1, 0.15) is 31.1 Å². The number of amides is 1. The number of carbonyl (C=O) groups is 3. The van der Waals surface area contributed by atoms with Crippen molar-refractivity contribution in [2.45, 2.75) is 32.4 Å². The van der Waals surface area contributed by atoms with Gasteiger partial charge < -0.3 is 23.8 Å². The lowest BCUT2D eigenvalue weighted by Crippen LogP contribution is -2.43. The van der Waals surface area contributed by atoms with Crippen molar-refractivity contribution in [1.29, 1.82) is 0 Å². The molecule has 0 radical (unpaired) electrons. The summed E-state index contributed by atoms with van der Waals surface area (Å²) < 4.78 is 21.1. The number of carbonyl (C=O) groups excluding carboxylic acids is 3. The van der Waals surface area contributed by atoms with E-state index < -0.39 is 23.7 Å². The van der Waals surface area contributed by atoms with Gasteiger partial charge in [0.1, 0.15) is 12.2 Å². The van der Waals surface area contributed by atoms with Crippen molar-refractivity contribution in [3.05, 3.63) is 23.8 Å². The maximum absolute atomic E-state index is 12.7. The van der Waals surface area contributed by atoms with E-state index in [9.17, 15) is 14.4 Å². The Morgan fingerprint density at radius 2 is 1.79 bits per heavy atom. The summed E-state index contributed by atoms with van der Waals surface area (Å²) in [5, 5.41) is 0. The third-order valence-corrected chi connectivity index (χ3v) is 4.28. The highest BCUT2D eigenvalue weighted by Gasteiger charge is 2.29. The fourth-order valence-corrected chi connectivity index (χ4v) is 2.59. The van der Waals surface area contributed by atoms with Crippen molar-refractivity contribution < 1.29 is 33.3 Å². The predicted molar refractivity (Wildman–Crippen MR) is 104 cm³/mol. The van der Waals surface area contributed by atoms with Crippen LogP contribution in [0.5, 0.6) is 11.5 Å². The molecule has 1 atom stereocenters. The van der Waals surface area contributed by atoms with Crippen molar-refractivity contribution in [2.24, 2.45) is 0 Å². The molecule has 0 saturated carbocycles. The fourth-order valence-electron chi connectivity index (χ4n) is 2.59. The molecule has 0 aliphatic carbocycles. The van der Waals surface area contributed by atoms with Gasteiger partial charge in [-0.25, -0.2) is 4.79 Å². The van der Waals surface area contributed by atoms with E-state index in [-0.39, 0.29) is 25.7 Å². The summed E-state index contributed by atoms with van der Waals surface area (Å²) in [7, 11) is 4.98. The van der Waals surface area contributed by atoms with E-state index in [0.29, 0.717) is 17.1 Å². The zero-order valence-corrected chi connectivity index (χ0v) is 17.7. The van der Waals surface area contributed by atoms with Gasteiger partial charge in [0.2, 0.25) is 6.79 Å². The first-order valence-corrected chi connectivity index (χ1v) is 9.20. The number of likely N-dealkylation sites (N-methyl/N-ethyl adjacent to an activating group) is 2. The van der Waals surface area contributed by atoms with Gasteiger partial charge in [-0.15, -0.1) is 0 Å². The largest absolute Gasteiger partial charge is 0.455 e. The Morgan fingerprint density at radius 1 is 1.14 bits per heavy atom. The van der Waals surface area contributed by atoms with Crippen LogP contribution in [0.2, 0.25) is 0 Å². The Bertz CT molecular complexity index is 776. The third-order valence-electron chi connectivity index (χ3n) is 4.28. The van der Waals surface area contributed by atoms with Crippen molar-refractivity contribution in [3.63, 3.8) is 0 Å². The van der Waals surface area contributed by atoms with Crippen molar-refractivity contribution in [1.82, 2.24) is 9.80 Å². The summed E-state index contributed by atoms with van der Waals surface area (Å²) in [6.45, 7) is 5.00. The van der Waals surface area contributed by atoms with Crippen LogP contribution in [-0.2, 0) is 14.3 Å². The zero-order valence-electron chi connectivity index (χ0n) is 17.7. The van der Waals surface area contributed by atoms with Gasteiger partial charge in [-0.05, 0) is 53.1 Å². The first-order chi connectivity index (χ1) is 13.5. The molecule has 0 aromatic heterocycles.